The number of hydrogen-bond donors (Lipinski definition) is 1. The Labute approximate surface area is 148 Å². The Morgan fingerprint density at radius 1 is 1.08 bits per heavy atom. The summed E-state index contributed by atoms with van der Waals surface area (Å²) in [5.74, 6) is 0.889. The molecule has 0 unspecified atom stereocenters. The quantitative estimate of drug-likeness (QED) is 0.719. The Hall–Kier alpha value is -2.84. The van der Waals surface area contributed by atoms with Crippen LogP contribution in [0.25, 0.3) is 22.4 Å². The normalized spacial score (nSPS) is 10.2. The monoisotopic (exact) mass is 379 g/mol. The van der Waals surface area contributed by atoms with Crippen LogP contribution in [0.3, 0.4) is 0 Å². The molecule has 24 heavy (non-hydrogen) atoms. The number of nitrogens with two attached hydrogens (primary N) is 1. The van der Waals surface area contributed by atoms with Crippen molar-refractivity contribution in [3.63, 3.8) is 0 Å². The summed E-state index contributed by atoms with van der Waals surface area (Å²) in [6, 6.07) is 19.3. The van der Waals surface area contributed by atoms with Crippen LogP contribution < -0.4 is 10.5 Å². The van der Waals surface area contributed by atoms with E-state index < -0.39 is 0 Å². The molecule has 0 fully saturated rings. The first kappa shape index (κ1) is 16.0. The number of para-hydroxylation sites is 1. The number of methoxy groups -OCH3 is 1. The molecule has 0 aliphatic carbocycles. The van der Waals surface area contributed by atoms with Crippen molar-refractivity contribution in [1.29, 1.82) is 5.26 Å². The largest absolute Gasteiger partial charge is 0.496 e. The third-order valence-corrected chi connectivity index (χ3v) is 4.23. The fourth-order valence-corrected chi connectivity index (χ4v) is 2.79. The Morgan fingerprint density at radius 3 is 2.46 bits per heavy atom. The molecular formula is C19H14BrN3O. The van der Waals surface area contributed by atoms with E-state index in [1.807, 2.05) is 54.6 Å². The molecule has 3 rings (SSSR count). The number of hydrogen-bond acceptors (Lipinski definition) is 4. The van der Waals surface area contributed by atoms with Crippen LogP contribution in [0.4, 0.5) is 5.82 Å². The van der Waals surface area contributed by atoms with E-state index >= 15 is 0 Å². The summed E-state index contributed by atoms with van der Waals surface area (Å²) in [7, 11) is 1.60. The average molecular weight is 380 g/mol. The van der Waals surface area contributed by atoms with Crippen molar-refractivity contribution in [3.8, 4) is 34.2 Å². The van der Waals surface area contributed by atoms with Crippen LogP contribution in [0.5, 0.6) is 5.75 Å². The molecule has 2 N–H and O–H groups in total. The lowest BCUT2D eigenvalue weighted by Crippen LogP contribution is -2.00. The molecule has 1 aromatic heterocycles. The van der Waals surface area contributed by atoms with Gasteiger partial charge in [0.1, 0.15) is 23.2 Å². The Balaban J connectivity index is 2.25. The minimum Gasteiger partial charge on any atom is -0.496 e. The number of benzene rings is 2. The Bertz CT molecular complexity index is 930. The summed E-state index contributed by atoms with van der Waals surface area (Å²) in [6.07, 6.45) is 0. The zero-order valence-electron chi connectivity index (χ0n) is 13.0. The molecule has 0 radical (unpaired) electrons. The van der Waals surface area contributed by atoms with Crippen molar-refractivity contribution in [3.05, 3.63) is 64.6 Å². The molecule has 1 heterocycles. The minimum atomic E-state index is 0.207. The van der Waals surface area contributed by atoms with Gasteiger partial charge in [-0.2, -0.15) is 5.26 Å². The molecule has 0 bridgehead atoms. The van der Waals surface area contributed by atoms with Crippen LogP contribution >= 0.6 is 15.9 Å². The van der Waals surface area contributed by atoms with Gasteiger partial charge in [0.15, 0.2) is 0 Å². The first-order valence-electron chi connectivity index (χ1n) is 7.24. The molecule has 2 aromatic carbocycles. The predicted octanol–water partition coefficient (Wildman–Crippen LogP) is 4.64. The number of halogens is 1. The number of aromatic nitrogens is 1. The van der Waals surface area contributed by atoms with Gasteiger partial charge >= 0.3 is 0 Å². The van der Waals surface area contributed by atoms with Crippen molar-refractivity contribution < 1.29 is 4.74 Å². The van der Waals surface area contributed by atoms with Gasteiger partial charge in [-0.05, 0) is 24.3 Å². The van der Waals surface area contributed by atoms with E-state index in [0.717, 1.165) is 15.6 Å². The summed E-state index contributed by atoms with van der Waals surface area (Å²) < 4.78 is 6.41. The highest BCUT2D eigenvalue weighted by atomic mass is 79.9. The first-order chi connectivity index (χ1) is 11.6. The number of nitrogen functional groups attached to an aromatic ring is 1. The molecule has 4 nitrogen and oxygen atoms in total. The molecule has 0 saturated heterocycles. The molecule has 0 aliphatic heterocycles. The fraction of sp³-hybridized carbons (Fsp3) is 0.0526. The van der Waals surface area contributed by atoms with Gasteiger partial charge < -0.3 is 10.5 Å². The second-order valence-corrected chi connectivity index (χ2v) is 6.05. The van der Waals surface area contributed by atoms with E-state index in [-0.39, 0.29) is 5.82 Å². The molecular weight excluding hydrogens is 366 g/mol. The smallest absolute Gasteiger partial charge is 0.142 e. The maximum atomic E-state index is 9.51. The highest BCUT2D eigenvalue weighted by molar-refractivity contribution is 9.10. The van der Waals surface area contributed by atoms with Crippen molar-refractivity contribution >= 4 is 21.7 Å². The highest BCUT2D eigenvalue weighted by Gasteiger charge is 2.16. The SMILES string of the molecule is COc1ccccc1-c1cc(-c2ccc(Br)cc2)nc(N)c1C#N. The van der Waals surface area contributed by atoms with Crippen molar-refractivity contribution in [2.24, 2.45) is 0 Å². The molecule has 0 atom stereocenters. The van der Waals surface area contributed by atoms with Gasteiger partial charge in [-0.15, -0.1) is 0 Å². The third-order valence-electron chi connectivity index (χ3n) is 3.70. The van der Waals surface area contributed by atoms with E-state index in [2.05, 4.69) is 27.0 Å². The van der Waals surface area contributed by atoms with Crippen molar-refractivity contribution in [2.45, 2.75) is 0 Å². The highest BCUT2D eigenvalue weighted by Crippen LogP contribution is 2.36. The van der Waals surface area contributed by atoms with Crippen LogP contribution in [0.15, 0.2) is 59.1 Å². The lowest BCUT2D eigenvalue weighted by Gasteiger charge is -2.13. The Morgan fingerprint density at radius 2 is 1.79 bits per heavy atom. The lowest BCUT2D eigenvalue weighted by molar-refractivity contribution is 0.416. The molecule has 0 aliphatic rings. The number of ether oxygens (including phenoxy) is 1. The molecule has 5 heteroatoms. The topological polar surface area (TPSA) is 71.9 Å². The number of pyridine rings is 1. The van der Waals surface area contributed by atoms with Crippen LogP contribution in [-0.2, 0) is 0 Å². The van der Waals surface area contributed by atoms with Gasteiger partial charge in [-0.3, -0.25) is 0 Å². The molecule has 3 aromatic rings. The van der Waals surface area contributed by atoms with Gasteiger partial charge in [-0.1, -0.05) is 46.3 Å². The molecule has 0 amide bonds. The lowest BCUT2D eigenvalue weighted by atomic mass is 9.97. The summed E-state index contributed by atoms with van der Waals surface area (Å²) in [6.45, 7) is 0. The molecule has 0 spiro atoms. The zero-order valence-corrected chi connectivity index (χ0v) is 14.5. The van der Waals surface area contributed by atoms with Crippen LogP contribution in [-0.4, -0.2) is 12.1 Å². The summed E-state index contributed by atoms with van der Waals surface area (Å²) in [5, 5.41) is 9.51. The van der Waals surface area contributed by atoms with Gasteiger partial charge in [0.2, 0.25) is 0 Å². The number of nitrogens with zero attached hydrogens (tertiary/aromatic N) is 2. The Kier molecular flexibility index (Phi) is 4.50. The van der Waals surface area contributed by atoms with Crippen LogP contribution in [0, 0.1) is 11.3 Å². The molecule has 0 saturated carbocycles. The van der Waals surface area contributed by atoms with Crippen molar-refractivity contribution in [1.82, 2.24) is 4.98 Å². The summed E-state index contributed by atoms with van der Waals surface area (Å²) in [5.41, 5.74) is 9.54. The van der Waals surface area contributed by atoms with Gasteiger partial charge in [-0.25, -0.2) is 4.98 Å². The van der Waals surface area contributed by atoms with Gasteiger partial charge in [0, 0.05) is 21.2 Å². The van der Waals surface area contributed by atoms with Gasteiger partial charge in [0.25, 0.3) is 0 Å². The first-order valence-corrected chi connectivity index (χ1v) is 8.03. The summed E-state index contributed by atoms with van der Waals surface area (Å²) in [4.78, 5) is 4.38. The maximum Gasteiger partial charge on any atom is 0.142 e. The minimum absolute atomic E-state index is 0.207. The van der Waals surface area contributed by atoms with Crippen LogP contribution in [0.2, 0.25) is 0 Å². The predicted molar refractivity (Wildman–Crippen MR) is 98.5 cm³/mol. The maximum absolute atomic E-state index is 9.51. The average Bonchev–Trinajstić information content (AvgIpc) is 2.61. The van der Waals surface area contributed by atoms with E-state index in [1.54, 1.807) is 7.11 Å². The number of anilines is 1. The second-order valence-electron chi connectivity index (χ2n) is 5.13. The van der Waals surface area contributed by atoms with Gasteiger partial charge in [0.05, 0.1) is 12.8 Å². The van der Waals surface area contributed by atoms with E-state index in [4.69, 9.17) is 10.5 Å². The molecule has 118 valence electrons. The third kappa shape index (κ3) is 2.97. The second kappa shape index (κ2) is 6.73. The number of rotatable bonds is 3. The van der Waals surface area contributed by atoms with Crippen molar-refractivity contribution in [2.75, 3.05) is 12.8 Å². The summed E-state index contributed by atoms with van der Waals surface area (Å²) >= 11 is 3.42. The fourth-order valence-electron chi connectivity index (χ4n) is 2.53. The van der Waals surface area contributed by atoms with Crippen LogP contribution in [0.1, 0.15) is 5.56 Å². The number of nitriles is 1. The van der Waals surface area contributed by atoms with E-state index in [9.17, 15) is 5.26 Å². The standard InChI is InChI=1S/C19H14BrN3O/c1-24-18-5-3-2-4-14(18)15-10-17(23-19(22)16(15)11-21)12-6-8-13(20)9-7-12/h2-10H,1H3,(H2,22,23). The van der Waals surface area contributed by atoms with E-state index in [1.165, 1.54) is 0 Å². The van der Waals surface area contributed by atoms with E-state index in [0.29, 0.717) is 22.6 Å². The zero-order chi connectivity index (χ0) is 17.1.